The van der Waals surface area contributed by atoms with E-state index in [1.165, 1.54) is 35.2 Å². The number of hydrogen-bond acceptors (Lipinski definition) is 4. The first-order valence-corrected chi connectivity index (χ1v) is 13.5. The third-order valence-electron chi connectivity index (χ3n) is 7.53. The molecule has 42 heavy (non-hydrogen) atoms. The van der Waals surface area contributed by atoms with Crippen LogP contribution in [-0.2, 0) is 18.4 Å². The van der Waals surface area contributed by atoms with Gasteiger partial charge in [0.2, 0.25) is 0 Å². The molecule has 2 heterocycles. The predicted molar refractivity (Wildman–Crippen MR) is 145 cm³/mol. The first-order valence-electron chi connectivity index (χ1n) is 13.2. The number of carboxylic acids is 1. The van der Waals surface area contributed by atoms with Crippen molar-refractivity contribution in [2.45, 2.75) is 63.7 Å². The summed E-state index contributed by atoms with van der Waals surface area (Å²) in [4.78, 5) is 39.9. The molecule has 1 aliphatic heterocycles. The monoisotopic (exact) mass is 606 g/mol. The lowest BCUT2D eigenvalue weighted by molar-refractivity contribution is -0.160. The molecule has 1 saturated carbocycles. The van der Waals surface area contributed by atoms with Crippen LogP contribution in [0.1, 0.15) is 71.1 Å². The van der Waals surface area contributed by atoms with E-state index in [1.54, 1.807) is 20.8 Å². The zero-order valence-electron chi connectivity index (χ0n) is 22.9. The molecule has 222 valence electrons. The van der Waals surface area contributed by atoms with Gasteiger partial charge in [0.25, 0.3) is 5.91 Å². The summed E-state index contributed by atoms with van der Waals surface area (Å²) in [5, 5.41) is 16.2. The number of aromatic carboxylic acids is 1. The van der Waals surface area contributed by atoms with Crippen LogP contribution < -0.4 is 5.32 Å². The van der Waals surface area contributed by atoms with Crippen LogP contribution in [0.2, 0.25) is 5.02 Å². The molecule has 1 aromatic heterocycles. The summed E-state index contributed by atoms with van der Waals surface area (Å²) >= 11 is 6.37. The second kappa shape index (κ2) is 10.1. The summed E-state index contributed by atoms with van der Waals surface area (Å²) in [6, 6.07) is 6.69. The van der Waals surface area contributed by atoms with E-state index in [9.17, 15) is 32.7 Å². The van der Waals surface area contributed by atoms with Crippen molar-refractivity contribution in [2.24, 2.45) is 0 Å². The summed E-state index contributed by atoms with van der Waals surface area (Å²) in [5.41, 5.74) is -3.21. The Morgan fingerprint density at radius 3 is 2.36 bits per heavy atom. The summed E-state index contributed by atoms with van der Waals surface area (Å²) in [7, 11) is 0. The standard InChI is InChI=1S/C29H27ClF4N4O4/c1-27(2,3)35-26(42)37-12-9-17-21(14-37)38(36-23(17)16-8-7-15(25(40)41)13-20(16)31)24(39)22-18(5-4-6-19(22)30)28(10-11-28)29(32,33)34/h4-8,13H,9-12,14H2,1-3H3,(H,35,42)(H,40,41). The molecule has 0 saturated heterocycles. The lowest BCUT2D eigenvalue weighted by Gasteiger charge is -2.31. The predicted octanol–water partition coefficient (Wildman–Crippen LogP) is 6.19. The van der Waals surface area contributed by atoms with Crippen LogP contribution in [0.4, 0.5) is 22.4 Å². The van der Waals surface area contributed by atoms with Gasteiger partial charge in [-0.1, -0.05) is 23.7 Å². The van der Waals surface area contributed by atoms with Gasteiger partial charge in [0, 0.05) is 23.2 Å². The van der Waals surface area contributed by atoms with Crippen molar-refractivity contribution in [3.05, 3.63) is 75.2 Å². The number of nitrogens with one attached hydrogen (secondary N) is 1. The quantitative estimate of drug-likeness (QED) is 0.345. The van der Waals surface area contributed by atoms with Gasteiger partial charge in [-0.2, -0.15) is 23.0 Å². The van der Waals surface area contributed by atoms with E-state index < -0.39 is 40.9 Å². The van der Waals surface area contributed by atoms with Gasteiger partial charge < -0.3 is 15.3 Å². The summed E-state index contributed by atoms with van der Waals surface area (Å²) in [5.74, 6) is -3.20. The number of carboxylic acid groups (broad SMARTS) is 1. The molecule has 5 rings (SSSR count). The lowest BCUT2D eigenvalue weighted by atomic mass is 9.90. The molecule has 2 amide bonds. The van der Waals surface area contributed by atoms with Crippen molar-refractivity contribution in [3.63, 3.8) is 0 Å². The van der Waals surface area contributed by atoms with E-state index in [0.717, 1.165) is 10.7 Å². The molecule has 0 unspecified atom stereocenters. The number of amides is 2. The minimum absolute atomic E-state index is 0.0224. The smallest absolute Gasteiger partial charge is 0.398 e. The molecule has 0 bridgehead atoms. The Labute approximate surface area is 243 Å². The molecule has 0 radical (unpaired) electrons. The van der Waals surface area contributed by atoms with E-state index >= 15 is 4.39 Å². The number of rotatable bonds is 4. The second-order valence-electron chi connectivity index (χ2n) is 11.6. The number of halogens is 5. The Kier molecular flexibility index (Phi) is 7.11. The van der Waals surface area contributed by atoms with Crippen molar-refractivity contribution in [1.82, 2.24) is 20.0 Å². The molecular weight excluding hydrogens is 580 g/mol. The van der Waals surface area contributed by atoms with Gasteiger partial charge in [-0.25, -0.2) is 14.0 Å². The fourth-order valence-electron chi connectivity index (χ4n) is 5.29. The molecule has 2 N–H and O–H groups in total. The molecule has 0 spiro atoms. The number of carbonyl (C=O) groups is 3. The van der Waals surface area contributed by atoms with Gasteiger partial charge in [0.05, 0.1) is 39.5 Å². The third-order valence-corrected chi connectivity index (χ3v) is 7.85. The Bertz CT molecular complexity index is 1620. The second-order valence-corrected chi connectivity index (χ2v) is 12.0. The van der Waals surface area contributed by atoms with Gasteiger partial charge in [0.15, 0.2) is 0 Å². The normalized spacial score (nSPS) is 16.1. The van der Waals surface area contributed by atoms with Crippen molar-refractivity contribution in [3.8, 4) is 11.3 Å². The molecule has 2 aromatic carbocycles. The highest BCUT2D eigenvalue weighted by Gasteiger charge is 2.65. The zero-order chi connectivity index (χ0) is 30.8. The number of nitrogens with zero attached hydrogens (tertiary/aromatic N) is 3. The average molecular weight is 607 g/mol. The Hall–Kier alpha value is -3.93. The minimum atomic E-state index is -4.63. The molecular formula is C29H27ClF4N4O4. The Balaban J connectivity index is 1.66. The van der Waals surface area contributed by atoms with Crippen LogP contribution in [0.3, 0.4) is 0 Å². The maximum Gasteiger partial charge on any atom is 0.398 e. The molecule has 0 atom stereocenters. The number of aromatic nitrogens is 2. The van der Waals surface area contributed by atoms with E-state index in [-0.39, 0.29) is 71.0 Å². The van der Waals surface area contributed by atoms with E-state index in [1.807, 2.05) is 0 Å². The highest BCUT2D eigenvalue weighted by molar-refractivity contribution is 6.34. The number of hydrogen-bond donors (Lipinski definition) is 2. The minimum Gasteiger partial charge on any atom is -0.478 e. The number of benzene rings is 2. The highest BCUT2D eigenvalue weighted by Crippen LogP contribution is 2.60. The van der Waals surface area contributed by atoms with Crippen LogP contribution in [0, 0.1) is 5.82 Å². The average Bonchev–Trinajstić information content (AvgIpc) is 3.63. The summed E-state index contributed by atoms with van der Waals surface area (Å²) in [6.07, 6.45) is -4.89. The van der Waals surface area contributed by atoms with Gasteiger partial charge >= 0.3 is 18.2 Å². The number of urea groups is 1. The zero-order valence-corrected chi connectivity index (χ0v) is 23.7. The van der Waals surface area contributed by atoms with Gasteiger partial charge in [-0.3, -0.25) is 4.79 Å². The van der Waals surface area contributed by atoms with E-state index in [2.05, 4.69) is 10.4 Å². The molecule has 8 nitrogen and oxygen atoms in total. The van der Waals surface area contributed by atoms with Crippen LogP contribution in [0.5, 0.6) is 0 Å². The van der Waals surface area contributed by atoms with Gasteiger partial charge in [0.1, 0.15) is 5.82 Å². The largest absolute Gasteiger partial charge is 0.478 e. The van der Waals surface area contributed by atoms with Crippen molar-refractivity contribution < 1.29 is 37.1 Å². The lowest BCUT2D eigenvalue weighted by Crippen LogP contribution is -2.50. The van der Waals surface area contributed by atoms with Gasteiger partial charge in [-0.15, -0.1) is 0 Å². The summed E-state index contributed by atoms with van der Waals surface area (Å²) < 4.78 is 58.6. The molecule has 1 fully saturated rings. The number of carbonyl (C=O) groups excluding carboxylic acids is 2. The van der Waals surface area contributed by atoms with Crippen molar-refractivity contribution in [1.29, 1.82) is 0 Å². The van der Waals surface area contributed by atoms with Crippen LogP contribution in [0.25, 0.3) is 11.3 Å². The maximum atomic E-state index is 15.2. The van der Waals surface area contributed by atoms with E-state index in [0.29, 0.717) is 5.56 Å². The Morgan fingerprint density at radius 1 is 1.10 bits per heavy atom. The van der Waals surface area contributed by atoms with E-state index in [4.69, 9.17) is 11.6 Å². The van der Waals surface area contributed by atoms with Crippen LogP contribution in [-0.4, -0.2) is 56.0 Å². The molecule has 13 heteroatoms. The third kappa shape index (κ3) is 5.12. The first-order chi connectivity index (χ1) is 19.5. The summed E-state index contributed by atoms with van der Waals surface area (Å²) in [6.45, 7) is 5.43. The van der Waals surface area contributed by atoms with Crippen LogP contribution >= 0.6 is 11.6 Å². The van der Waals surface area contributed by atoms with Gasteiger partial charge in [-0.05, 0) is 69.9 Å². The Morgan fingerprint density at radius 2 is 1.79 bits per heavy atom. The maximum absolute atomic E-state index is 15.2. The van der Waals surface area contributed by atoms with Crippen molar-refractivity contribution in [2.75, 3.05) is 6.54 Å². The topological polar surface area (TPSA) is 105 Å². The fourth-order valence-corrected chi connectivity index (χ4v) is 5.55. The fraction of sp³-hybridized carbons (Fsp3) is 0.379. The molecule has 1 aliphatic carbocycles. The first kappa shape index (κ1) is 29.6. The number of fused-ring (bicyclic) bond motifs is 1. The highest BCUT2D eigenvalue weighted by atomic mass is 35.5. The molecule has 3 aromatic rings. The van der Waals surface area contributed by atoms with Crippen molar-refractivity contribution >= 4 is 29.5 Å². The molecule has 2 aliphatic rings. The number of alkyl halides is 3. The SMILES string of the molecule is CC(C)(C)NC(=O)N1CCc2c(-c3ccc(C(=O)O)cc3F)nn(C(=O)c3c(Cl)cccc3C3(C(F)(F)F)CC3)c2C1. The van der Waals surface area contributed by atoms with Crippen LogP contribution in [0.15, 0.2) is 36.4 Å².